The van der Waals surface area contributed by atoms with Crippen LogP contribution in [-0.2, 0) is 0 Å². The van der Waals surface area contributed by atoms with Gasteiger partial charge >= 0.3 is 0 Å². The maximum atomic E-state index is 10.8. The molecule has 2 aromatic carbocycles. The first kappa shape index (κ1) is 15.6. The highest BCUT2D eigenvalue weighted by Crippen LogP contribution is 2.30. The molecule has 1 aromatic heterocycles. The van der Waals surface area contributed by atoms with Gasteiger partial charge in [0, 0.05) is 35.4 Å². The summed E-state index contributed by atoms with van der Waals surface area (Å²) in [5.41, 5.74) is 1.98. The second-order valence-electron chi connectivity index (χ2n) is 4.68. The van der Waals surface area contributed by atoms with E-state index >= 15 is 0 Å². The Morgan fingerprint density at radius 3 is 1.35 bits per heavy atom. The molecule has 0 fully saturated rings. The molecule has 0 spiro atoms. The number of nitrogens with one attached hydrogen (secondary N) is 2. The fourth-order valence-corrected chi connectivity index (χ4v) is 2.82. The smallest absolute Gasteiger partial charge is 0.163 e. The molecule has 3 rings (SSSR count). The molecule has 1 heterocycles. The van der Waals surface area contributed by atoms with Gasteiger partial charge in [-0.05, 0) is 24.3 Å². The van der Waals surface area contributed by atoms with Crippen LogP contribution in [0.5, 0.6) is 0 Å². The number of hydrogen-bond donors (Lipinski definition) is 4. The fourth-order valence-electron chi connectivity index (χ4n) is 1.97. The van der Waals surface area contributed by atoms with Crippen molar-refractivity contribution in [3.05, 3.63) is 58.9 Å². The summed E-state index contributed by atoms with van der Waals surface area (Å²) in [6, 6.07) is 12.8. The Balaban J connectivity index is 1.85. The van der Waals surface area contributed by atoms with Crippen molar-refractivity contribution in [2.24, 2.45) is 0 Å². The number of rotatable bonds is 4. The highest BCUT2D eigenvalue weighted by atomic mass is 32.1. The van der Waals surface area contributed by atoms with Crippen molar-refractivity contribution in [1.29, 1.82) is 0 Å². The number of hydrogen-bond acceptors (Lipinski definition) is 7. The minimum Gasteiger partial charge on any atom is -0.595 e. The summed E-state index contributed by atoms with van der Waals surface area (Å²) in [5, 5.41) is 47.1. The molecule has 118 valence electrons. The van der Waals surface area contributed by atoms with Gasteiger partial charge in [-0.2, -0.15) is 10.5 Å². The molecule has 0 bridgehead atoms. The Bertz CT molecular complexity index is 721. The molecule has 9 heteroatoms. The van der Waals surface area contributed by atoms with Crippen LogP contribution in [0.4, 0.5) is 11.4 Å². The third-order valence-corrected chi connectivity index (χ3v) is 4.20. The predicted octanol–water partition coefficient (Wildman–Crippen LogP) is 0.679. The van der Waals surface area contributed by atoms with E-state index < -0.39 is 10.5 Å². The number of nitrogens with zero attached hydrogens (tertiary/aromatic N) is 2. The summed E-state index contributed by atoms with van der Waals surface area (Å²) in [6.45, 7) is 0. The van der Waals surface area contributed by atoms with Gasteiger partial charge in [0.2, 0.25) is 0 Å². The predicted molar refractivity (Wildman–Crippen MR) is 82.3 cm³/mol. The molecular weight excluding hydrogens is 320 g/mol. The summed E-state index contributed by atoms with van der Waals surface area (Å²) in [5.74, 6) is 0. The van der Waals surface area contributed by atoms with Crippen LogP contribution in [0.25, 0.3) is 21.1 Å². The van der Waals surface area contributed by atoms with Crippen molar-refractivity contribution < 1.29 is 20.9 Å². The van der Waals surface area contributed by atoms with Crippen LogP contribution in [0.2, 0.25) is 0 Å². The Hall–Kier alpha value is -2.24. The lowest BCUT2D eigenvalue weighted by Crippen LogP contribution is -2.99. The summed E-state index contributed by atoms with van der Waals surface area (Å²) >= 11 is 1.35. The Morgan fingerprint density at radius 1 is 0.696 bits per heavy atom. The minimum atomic E-state index is -0.979. The molecule has 23 heavy (non-hydrogen) atoms. The molecule has 0 radical (unpaired) electrons. The van der Waals surface area contributed by atoms with E-state index in [1.54, 1.807) is 24.3 Å². The van der Waals surface area contributed by atoms with Crippen LogP contribution in [0.15, 0.2) is 48.5 Å². The fraction of sp³-hybridized carbons (Fsp3) is 0. The average molecular weight is 332 g/mol. The van der Waals surface area contributed by atoms with E-state index in [2.05, 4.69) is 10.2 Å². The van der Waals surface area contributed by atoms with Crippen molar-refractivity contribution in [2.75, 3.05) is 0 Å². The van der Waals surface area contributed by atoms with E-state index in [4.69, 9.17) is 10.4 Å². The summed E-state index contributed by atoms with van der Waals surface area (Å²) in [7, 11) is 0. The number of quaternary nitrogens is 2. The maximum absolute atomic E-state index is 10.8. The lowest BCUT2D eigenvalue weighted by Gasteiger charge is -2.11. The van der Waals surface area contributed by atoms with Gasteiger partial charge in [-0.25, -0.2) is 10.4 Å². The monoisotopic (exact) mass is 332 g/mol. The van der Waals surface area contributed by atoms with Gasteiger partial charge in [-0.3, -0.25) is 0 Å². The van der Waals surface area contributed by atoms with Crippen molar-refractivity contribution in [2.45, 2.75) is 0 Å². The largest absolute Gasteiger partial charge is 0.595 e. The molecule has 8 nitrogen and oxygen atoms in total. The van der Waals surface area contributed by atoms with E-state index in [9.17, 15) is 10.4 Å². The van der Waals surface area contributed by atoms with Crippen LogP contribution < -0.4 is 10.5 Å². The highest BCUT2D eigenvalue weighted by Gasteiger charge is 2.10. The first-order chi connectivity index (χ1) is 11.0. The lowest BCUT2D eigenvalue weighted by atomic mass is 10.2. The standard InChI is InChI=1S/C14H12N4O4S/c19-17(20)11-5-1-9(2-6-11)13-15-16-14(23-13)10-3-7-12(8-4-10)18(21)22/h1-8,17-19,21H. The van der Waals surface area contributed by atoms with Crippen LogP contribution >= 0.6 is 11.3 Å². The molecule has 0 aliphatic carbocycles. The van der Waals surface area contributed by atoms with E-state index in [0.29, 0.717) is 10.0 Å². The van der Waals surface area contributed by atoms with E-state index in [0.717, 1.165) is 11.1 Å². The molecule has 2 unspecified atom stereocenters. The SMILES string of the molecule is [O-][NH+](O)c1ccc(-c2nnc(-c3ccc([NH+]([O-])O)cc3)s2)cc1. The third kappa shape index (κ3) is 3.41. The second-order valence-corrected chi connectivity index (χ2v) is 5.65. The van der Waals surface area contributed by atoms with Gasteiger partial charge in [-0.1, -0.05) is 11.3 Å². The average Bonchev–Trinajstić information content (AvgIpc) is 3.05. The molecule has 0 aliphatic rings. The van der Waals surface area contributed by atoms with Gasteiger partial charge in [-0.15, -0.1) is 10.2 Å². The van der Waals surface area contributed by atoms with Crippen molar-refractivity contribution in [1.82, 2.24) is 10.2 Å². The summed E-state index contributed by atoms with van der Waals surface area (Å²) < 4.78 is 0. The molecule has 0 amide bonds. The van der Waals surface area contributed by atoms with Gasteiger partial charge in [0.15, 0.2) is 11.4 Å². The zero-order valence-electron chi connectivity index (χ0n) is 11.6. The number of aromatic nitrogens is 2. The van der Waals surface area contributed by atoms with Crippen LogP contribution in [0.1, 0.15) is 0 Å². The van der Waals surface area contributed by atoms with Gasteiger partial charge in [0.1, 0.15) is 10.0 Å². The zero-order valence-corrected chi connectivity index (χ0v) is 12.4. The van der Waals surface area contributed by atoms with Crippen LogP contribution in [-0.4, -0.2) is 20.6 Å². The topological polar surface area (TPSA) is 121 Å². The summed E-state index contributed by atoms with van der Waals surface area (Å²) in [6.07, 6.45) is 0. The molecule has 0 saturated heterocycles. The summed E-state index contributed by atoms with van der Waals surface area (Å²) in [4.78, 5) is 0. The zero-order chi connectivity index (χ0) is 16.4. The lowest BCUT2D eigenvalue weighted by molar-refractivity contribution is -0.991. The molecule has 2 atom stereocenters. The molecule has 4 N–H and O–H groups in total. The Labute approximate surface area is 134 Å². The van der Waals surface area contributed by atoms with E-state index in [-0.39, 0.29) is 11.4 Å². The van der Waals surface area contributed by atoms with Gasteiger partial charge in [0.25, 0.3) is 0 Å². The Kier molecular flexibility index (Phi) is 4.41. The first-order valence-electron chi connectivity index (χ1n) is 6.55. The van der Waals surface area contributed by atoms with Crippen molar-refractivity contribution >= 4 is 22.7 Å². The van der Waals surface area contributed by atoms with Crippen LogP contribution in [0, 0.1) is 10.4 Å². The highest BCUT2D eigenvalue weighted by molar-refractivity contribution is 7.17. The van der Waals surface area contributed by atoms with Gasteiger partial charge < -0.3 is 10.4 Å². The minimum absolute atomic E-state index is 0.211. The molecule has 0 aliphatic heterocycles. The quantitative estimate of drug-likeness (QED) is 0.521. The number of benzene rings is 2. The Morgan fingerprint density at radius 2 is 1.04 bits per heavy atom. The molecule has 0 saturated carbocycles. The third-order valence-electron chi connectivity index (χ3n) is 3.18. The second kappa shape index (κ2) is 6.48. The van der Waals surface area contributed by atoms with Crippen LogP contribution in [0.3, 0.4) is 0 Å². The van der Waals surface area contributed by atoms with Crippen molar-refractivity contribution in [3.8, 4) is 21.1 Å². The van der Waals surface area contributed by atoms with E-state index in [1.165, 1.54) is 35.6 Å². The van der Waals surface area contributed by atoms with E-state index in [1.807, 2.05) is 0 Å². The maximum Gasteiger partial charge on any atom is 0.163 e. The van der Waals surface area contributed by atoms with Crippen molar-refractivity contribution in [3.63, 3.8) is 0 Å². The molecule has 3 aromatic rings. The molecular formula is C14H12N4O4S. The van der Waals surface area contributed by atoms with Gasteiger partial charge in [0.05, 0.1) is 0 Å². The normalized spacial score (nSPS) is 13.7. The first-order valence-corrected chi connectivity index (χ1v) is 7.37.